The van der Waals surface area contributed by atoms with Crippen LogP contribution in [0.3, 0.4) is 0 Å². The second-order valence-electron chi connectivity index (χ2n) is 4.72. The lowest BCUT2D eigenvalue weighted by Gasteiger charge is -2.24. The van der Waals surface area contributed by atoms with Crippen LogP contribution in [-0.4, -0.2) is 27.3 Å². The summed E-state index contributed by atoms with van der Waals surface area (Å²) in [6, 6.07) is 15.2. The molecular formula is C16H19NO4. The van der Waals surface area contributed by atoms with Gasteiger partial charge >= 0.3 is 0 Å². The number of aliphatic hydroxyl groups is 2. The summed E-state index contributed by atoms with van der Waals surface area (Å²) in [6.45, 7) is 1.37. The Morgan fingerprint density at radius 3 is 2.05 bits per heavy atom. The summed E-state index contributed by atoms with van der Waals surface area (Å²) in [5.74, 6) is 0.0347. The van der Waals surface area contributed by atoms with E-state index >= 15 is 0 Å². The molecule has 2 aromatic carbocycles. The number of benzene rings is 2. The molecule has 0 amide bonds. The standard InChI is InChI=1S/C9H13NO2.C7H6O2/c1-9(10,12)8(11)7-5-3-2-4-6-7;8-5-6-3-1-2-4-7(6)9/h2-6,8,11-12H,10H2,1H3;1-5,9H. The number of hydrogen-bond acceptors (Lipinski definition) is 5. The zero-order valence-electron chi connectivity index (χ0n) is 11.7. The van der Waals surface area contributed by atoms with E-state index in [1.807, 2.05) is 6.07 Å². The van der Waals surface area contributed by atoms with Crippen molar-refractivity contribution < 1.29 is 20.1 Å². The number of phenols is 1. The second kappa shape index (κ2) is 7.54. The molecule has 0 aliphatic rings. The van der Waals surface area contributed by atoms with E-state index in [1.54, 1.807) is 42.5 Å². The molecule has 5 heteroatoms. The van der Waals surface area contributed by atoms with E-state index in [0.717, 1.165) is 0 Å². The Bertz CT molecular complexity index is 564. The van der Waals surface area contributed by atoms with Crippen LogP contribution >= 0.6 is 0 Å². The number of aromatic hydroxyl groups is 1. The summed E-state index contributed by atoms with van der Waals surface area (Å²) in [5.41, 5.74) is 4.68. The number of aliphatic hydroxyl groups excluding tert-OH is 1. The largest absolute Gasteiger partial charge is 0.507 e. The Kier molecular flexibility index (Phi) is 6.05. The summed E-state index contributed by atoms with van der Waals surface area (Å²) in [5, 5.41) is 27.6. The van der Waals surface area contributed by atoms with E-state index in [-0.39, 0.29) is 5.75 Å². The predicted molar refractivity (Wildman–Crippen MR) is 79.7 cm³/mol. The molecule has 0 radical (unpaired) electrons. The summed E-state index contributed by atoms with van der Waals surface area (Å²) >= 11 is 0. The maximum Gasteiger partial charge on any atom is 0.153 e. The zero-order chi connectivity index (χ0) is 15.9. The summed E-state index contributed by atoms with van der Waals surface area (Å²) in [4.78, 5) is 10.1. The van der Waals surface area contributed by atoms with Crippen LogP contribution in [0, 0.1) is 0 Å². The molecule has 21 heavy (non-hydrogen) atoms. The van der Waals surface area contributed by atoms with Crippen molar-refractivity contribution in [2.45, 2.75) is 18.8 Å². The van der Waals surface area contributed by atoms with E-state index in [2.05, 4.69) is 0 Å². The zero-order valence-corrected chi connectivity index (χ0v) is 11.7. The molecule has 0 saturated carbocycles. The molecule has 0 saturated heterocycles. The van der Waals surface area contributed by atoms with Crippen molar-refractivity contribution in [2.75, 3.05) is 0 Å². The quantitative estimate of drug-likeness (QED) is 0.507. The first kappa shape index (κ1) is 16.8. The van der Waals surface area contributed by atoms with E-state index in [1.165, 1.54) is 13.0 Å². The van der Waals surface area contributed by atoms with Gasteiger partial charge in [-0.1, -0.05) is 42.5 Å². The molecule has 5 N–H and O–H groups in total. The fraction of sp³-hybridized carbons (Fsp3) is 0.188. The first-order chi connectivity index (χ1) is 9.86. The van der Waals surface area contributed by atoms with E-state index in [9.17, 15) is 15.0 Å². The van der Waals surface area contributed by atoms with Gasteiger partial charge in [-0.05, 0) is 24.6 Å². The van der Waals surface area contributed by atoms with Gasteiger partial charge in [-0.15, -0.1) is 0 Å². The Labute approximate surface area is 123 Å². The first-order valence-electron chi connectivity index (χ1n) is 6.33. The van der Waals surface area contributed by atoms with Gasteiger partial charge in [-0.3, -0.25) is 4.79 Å². The highest BCUT2D eigenvalue weighted by Gasteiger charge is 2.26. The third-order valence-electron chi connectivity index (χ3n) is 2.73. The molecule has 5 nitrogen and oxygen atoms in total. The highest BCUT2D eigenvalue weighted by Crippen LogP contribution is 2.20. The van der Waals surface area contributed by atoms with Crippen LogP contribution in [0.1, 0.15) is 28.9 Å². The predicted octanol–water partition coefficient (Wildman–Crippen LogP) is 1.59. The monoisotopic (exact) mass is 289 g/mol. The van der Waals surface area contributed by atoms with Crippen LogP contribution in [-0.2, 0) is 0 Å². The number of nitrogens with two attached hydrogens (primary N) is 1. The third kappa shape index (κ3) is 5.35. The van der Waals surface area contributed by atoms with Crippen molar-refractivity contribution >= 4 is 6.29 Å². The molecule has 0 heterocycles. The fourth-order valence-electron chi connectivity index (χ4n) is 1.56. The highest BCUT2D eigenvalue weighted by molar-refractivity contribution is 5.78. The van der Waals surface area contributed by atoms with Crippen molar-refractivity contribution in [1.82, 2.24) is 0 Å². The van der Waals surface area contributed by atoms with Gasteiger partial charge in [0, 0.05) is 0 Å². The van der Waals surface area contributed by atoms with Crippen molar-refractivity contribution in [3.8, 4) is 5.75 Å². The minimum atomic E-state index is -1.58. The number of hydrogen-bond donors (Lipinski definition) is 4. The smallest absolute Gasteiger partial charge is 0.153 e. The van der Waals surface area contributed by atoms with Gasteiger partial charge < -0.3 is 21.1 Å². The Hall–Kier alpha value is -2.21. The Morgan fingerprint density at radius 2 is 1.62 bits per heavy atom. The number of phenolic OH excluding ortho intramolecular Hbond substituents is 1. The van der Waals surface area contributed by atoms with Crippen LogP contribution in [0.5, 0.6) is 5.75 Å². The number of rotatable bonds is 3. The van der Waals surface area contributed by atoms with Crippen molar-refractivity contribution in [1.29, 1.82) is 0 Å². The number of carbonyl (C=O) groups is 1. The normalized spacial score (nSPS) is 14.3. The molecule has 0 aliphatic carbocycles. The van der Waals surface area contributed by atoms with E-state index in [0.29, 0.717) is 17.4 Å². The molecule has 2 atom stereocenters. The minimum Gasteiger partial charge on any atom is -0.507 e. The average molecular weight is 289 g/mol. The topological polar surface area (TPSA) is 104 Å². The van der Waals surface area contributed by atoms with Crippen LogP contribution in [0.25, 0.3) is 0 Å². The fourth-order valence-corrected chi connectivity index (χ4v) is 1.56. The van der Waals surface area contributed by atoms with Crippen molar-refractivity contribution in [3.05, 3.63) is 65.7 Å². The van der Waals surface area contributed by atoms with Crippen LogP contribution in [0.2, 0.25) is 0 Å². The van der Waals surface area contributed by atoms with Gasteiger partial charge in [0.25, 0.3) is 0 Å². The Balaban J connectivity index is 0.000000219. The number of carbonyl (C=O) groups excluding carboxylic acids is 1. The van der Waals surface area contributed by atoms with E-state index < -0.39 is 11.8 Å². The molecule has 0 bridgehead atoms. The molecule has 2 rings (SSSR count). The van der Waals surface area contributed by atoms with Gasteiger partial charge in [0.05, 0.1) is 5.56 Å². The molecule has 112 valence electrons. The van der Waals surface area contributed by atoms with Gasteiger partial charge in [0.15, 0.2) is 6.29 Å². The summed E-state index contributed by atoms with van der Waals surface area (Å²) in [6.07, 6.45) is -0.423. The average Bonchev–Trinajstić information content (AvgIpc) is 2.47. The number of para-hydroxylation sites is 1. The maximum absolute atomic E-state index is 10.1. The van der Waals surface area contributed by atoms with Crippen LogP contribution < -0.4 is 5.73 Å². The van der Waals surface area contributed by atoms with Gasteiger partial charge in [0.2, 0.25) is 0 Å². The van der Waals surface area contributed by atoms with Crippen LogP contribution in [0.15, 0.2) is 54.6 Å². The van der Waals surface area contributed by atoms with Crippen molar-refractivity contribution in [2.24, 2.45) is 5.73 Å². The SMILES string of the molecule is CC(N)(O)C(O)c1ccccc1.O=Cc1ccccc1O. The van der Waals surface area contributed by atoms with Gasteiger partial charge in [-0.25, -0.2) is 0 Å². The lowest BCUT2D eigenvalue weighted by atomic mass is 10.0. The highest BCUT2D eigenvalue weighted by atomic mass is 16.4. The Morgan fingerprint density at radius 1 is 1.10 bits per heavy atom. The van der Waals surface area contributed by atoms with Crippen LogP contribution in [0.4, 0.5) is 0 Å². The second-order valence-corrected chi connectivity index (χ2v) is 4.72. The molecule has 0 spiro atoms. The molecule has 2 unspecified atom stereocenters. The lowest BCUT2D eigenvalue weighted by Crippen LogP contribution is -2.42. The third-order valence-corrected chi connectivity index (χ3v) is 2.73. The molecule has 0 aliphatic heterocycles. The summed E-state index contributed by atoms with van der Waals surface area (Å²) < 4.78 is 0. The molecule has 0 aromatic heterocycles. The van der Waals surface area contributed by atoms with E-state index in [4.69, 9.17) is 10.8 Å². The van der Waals surface area contributed by atoms with Crippen molar-refractivity contribution in [3.63, 3.8) is 0 Å². The summed E-state index contributed by atoms with van der Waals surface area (Å²) in [7, 11) is 0. The number of aldehydes is 1. The van der Waals surface area contributed by atoms with Gasteiger partial charge in [-0.2, -0.15) is 0 Å². The minimum absolute atomic E-state index is 0.0347. The first-order valence-corrected chi connectivity index (χ1v) is 6.33. The van der Waals surface area contributed by atoms with Gasteiger partial charge in [0.1, 0.15) is 17.6 Å². The molecule has 0 fully saturated rings. The maximum atomic E-state index is 10.1. The molecule has 2 aromatic rings. The molecular weight excluding hydrogens is 270 g/mol. The lowest BCUT2D eigenvalue weighted by molar-refractivity contribution is -0.0590.